The first-order valence-electron chi connectivity index (χ1n) is 5.32. The molecule has 0 saturated carbocycles. The van der Waals surface area contributed by atoms with E-state index in [2.05, 4.69) is 4.98 Å². The van der Waals surface area contributed by atoms with Gasteiger partial charge in [-0.3, -0.25) is 4.98 Å². The third-order valence-electron chi connectivity index (χ3n) is 2.74. The van der Waals surface area contributed by atoms with Crippen molar-refractivity contribution < 1.29 is 9.90 Å². The molecule has 2 aromatic rings. The minimum absolute atomic E-state index is 0.259. The van der Waals surface area contributed by atoms with E-state index in [4.69, 9.17) is 10.4 Å². The molecule has 1 aromatic carbocycles. The zero-order valence-electron chi connectivity index (χ0n) is 9.71. The highest BCUT2D eigenvalue weighted by atomic mass is 16.4. The molecule has 0 aliphatic carbocycles. The molecular formula is C14H10N2O2. The molecule has 1 aromatic heterocycles. The number of nitrogens with zero attached hydrogens (tertiary/aromatic N) is 2. The highest BCUT2D eigenvalue weighted by molar-refractivity contribution is 5.92. The van der Waals surface area contributed by atoms with Crippen LogP contribution in [0.2, 0.25) is 0 Å². The van der Waals surface area contributed by atoms with Crippen molar-refractivity contribution >= 4 is 5.97 Å². The fourth-order valence-electron chi connectivity index (χ4n) is 1.83. The molecule has 0 aliphatic rings. The number of carboxylic acids is 1. The van der Waals surface area contributed by atoms with Crippen molar-refractivity contribution in [2.45, 2.75) is 6.92 Å². The molecule has 0 atom stereocenters. The Morgan fingerprint density at radius 2 is 2.17 bits per heavy atom. The number of pyridine rings is 1. The molecule has 0 bridgehead atoms. The van der Waals surface area contributed by atoms with Crippen LogP contribution in [0, 0.1) is 18.3 Å². The van der Waals surface area contributed by atoms with Gasteiger partial charge in [-0.1, -0.05) is 12.1 Å². The van der Waals surface area contributed by atoms with Crippen LogP contribution in [0.3, 0.4) is 0 Å². The molecule has 4 nitrogen and oxygen atoms in total. The number of hydrogen-bond donors (Lipinski definition) is 1. The summed E-state index contributed by atoms with van der Waals surface area (Å²) in [6.07, 6.45) is 3.09. The maximum Gasteiger partial charge on any atom is 0.335 e. The van der Waals surface area contributed by atoms with Crippen LogP contribution >= 0.6 is 0 Å². The quantitative estimate of drug-likeness (QED) is 0.872. The molecule has 88 valence electrons. The van der Waals surface area contributed by atoms with Crippen molar-refractivity contribution in [3.8, 4) is 17.2 Å². The molecule has 0 spiro atoms. The van der Waals surface area contributed by atoms with E-state index >= 15 is 0 Å². The van der Waals surface area contributed by atoms with Gasteiger partial charge in [0.2, 0.25) is 0 Å². The molecule has 0 saturated heterocycles. The van der Waals surface area contributed by atoms with Crippen molar-refractivity contribution in [2.24, 2.45) is 0 Å². The lowest BCUT2D eigenvalue weighted by atomic mass is 9.97. The van der Waals surface area contributed by atoms with Crippen LogP contribution < -0.4 is 0 Å². The van der Waals surface area contributed by atoms with E-state index in [0.717, 1.165) is 11.1 Å². The standard InChI is InChI=1S/C14H10N2O2/c1-9-12(3-2-4-13(9)14(17)18)11-5-10(6-15)7-16-8-11/h2-5,7-8H,1H3,(H,17,18). The highest BCUT2D eigenvalue weighted by Gasteiger charge is 2.11. The lowest BCUT2D eigenvalue weighted by Crippen LogP contribution is -2.00. The van der Waals surface area contributed by atoms with Gasteiger partial charge < -0.3 is 5.11 Å². The summed E-state index contributed by atoms with van der Waals surface area (Å²) in [5.74, 6) is -0.959. The average molecular weight is 238 g/mol. The summed E-state index contributed by atoms with van der Waals surface area (Å²) >= 11 is 0. The van der Waals surface area contributed by atoms with E-state index in [1.165, 1.54) is 6.20 Å². The summed E-state index contributed by atoms with van der Waals surface area (Å²) in [6, 6.07) is 8.77. The molecule has 4 heteroatoms. The number of aromatic carboxylic acids is 1. The second-order valence-corrected chi connectivity index (χ2v) is 3.86. The number of carboxylic acid groups (broad SMARTS) is 1. The number of hydrogen-bond acceptors (Lipinski definition) is 3. The summed E-state index contributed by atoms with van der Waals surface area (Å²) < 4.78 is 0. The van der Waals surface area contributed by atoms with E-state index < -0.39 is 5.97 Å². The van der Waals surface area contributed by atoms with E-state index in [-0.39, 0.29) is 5.56 Å². The summed E-state index contributed by atoms with van der Waals surface area (Å²) in [6.45, 7) is 1.75. The Balaban J connectivity index is 2.61. The maximum absolute atomic E-state index is 11.1. The monoisotopic (exact) mass is 238 g/mol. The van der Waals surface area contributed by atoms with Crippen molar-refractivity contribution in [1.29, 1.82) is 5.26 Å². The Morgan fingerprint density at radius 1 is 1.39 bits per heavy atom. The third kappa shape index (κ3) is 2.06. The molecule has 0 amide bonds. The molecule has 18 heavy (non-hydrogen) atoms. The molecule has 0 radical (unpaired) electrons. The fraction of sp³-hybridized carbons (Fsp3) is 0.0714. The summed E-state index contributed by atoms with van der Waals surface area (Å²) in [5, 5.41) is 17.9. The second-order valence-electron chi connectivity index (χ2n) is 3.86. The highest BCUT2D eigenvalue weighted by Crippen LogP contribution is 2.25. The SMILES string of the molecule is Cc1c(C(=O)O)cccc1-c1cncc(C#N)c1. The summed E-state index contributed by atoms with van der Waals surface area (Å²) in [4.78, 5) is 15.0. The molecule has 1 N–H and O–H groups in total. The van der Waals surface area contributed by atoms with Crippen LogP contribution in [-0.4, -0.2) is 16.1 Å². The van der Waals surface area contributed by atoms with Crippen LogP contribution in [0.15, 0.2) is 36.7 Å². The minimum atomic E-state index is -0.959. The first-order chi connectivity index (χ1) is 8.63. The number of nitriles is 1. The molecule has 1 heterocycles. The van der Waals surface area contributed by atoms with E-state index in [9.17, 15) is 4.79 Å². The van der Waals surface area contributed by atoms with Gasteiger partial charge in [-0.2, -0.15) is 5.26 Å². The van der Waals surface area contributed by atoms with Crippen LogP contribution in [0.25, 0.3) is 11.1 Å². The topological polar surface area (TPSA) is 74.0 Å². The zero-order valence-corrected chi connectivity index (χ0v) is 9.71. The predicted molar refractivity (Wildman–Crippen MR) is 66.1 cm³/mol. The van der Waals surface area contributed by atoms with Gasteiger partial charge in [0, 0.05) is 18.0 Å². The summed E-state index contributed by atoms with van der Waals surface area (Å²) in [5.41, 5.74) is 2.90. The van der Waals surface area contributed by atoms with Crippen LogP contribution in [-0.2, 0) is 0 Å². The fourth-order valence-corrected chi connectivity index (χ4v) is 1.83. The maximum atomic E-state index is 11.1. The second kappa shape index (κ2) is 4.68. The zero-order chi connectivity index (χ0) is 13.1. The Hall–Kier alpha value is -2.67. The van der Waals surface area contributed by atoms with Gasteiger partial charge in [0.15, 0.2) is 0 Å². The Labute approximate surface area is 104 Å². The lowest BCUT2D eigenvalue weighted by molar-refractivity contribution is 0.0696. The van der Waals surface area contributed by atoms with E-state index in [1.807, 2.05) is 12.1 Å². The first-order valence-corrected chi connectivity index (χ1v) is 5.32. The molecule has 0 aliphatic heterocycles. The predicted octanol–water partition coefficient (Wildman–Crippen LogP) is 2.63. The van der Waals surface area contributed by atoms with Gasteiger partial charge in [0.1, 0.15) is 6.07 Å². The number of aromatic nitrogens is 1. The first kappa shape index (κ1) is 11.8. The molecule has 0 fully saturated rings. The Bertz CT molecular complexity index is 657. The Kier molecular flexibility index (Phi) is 3.07. The van der Waals surface area contributed by atoms with E-state index in [0.29, 0.717) is 11.1 Å². The summed E-state index contributed by atoms with van der Waals surface area (Å²) in [7, 11) is 0. The van der Waals surface area contributed by atoms with Crippen molar-refractivity contribution in [3.05, 3.63) is 53.3 Å². The van der Waals surface area contributed by atoms with E-state index in [1.54, 1.807) is 31.3 Å². The smallest absolute Gasteiger partial charge is 0.335 e. The van der Waals surface area contributed by atoms with Crippen molar-refractivity contribution in [1.82, 2.24) is 4.98 Å². The Morgan fingerprint density at radius 3 is 2.83 bits per heavy atom. The van der Waals surface area contributed by atoms with Gasteiger partial charge in [-0.05, 0) is 30.2 Å². The van der Waals surface area contributed by atoms with Crippen LogP contribution in [0.1, 0.15) is 21.5 Å². The number of rotatable bonds is 2. The van der Waals surface area contributed by atoms with Crippen LogP contribution in [0.5, 0.6) is 0 Å². The number of carbonyl (C=O) groups is 1. The van der Waals surface area contributed by atoms with Crippen molar-refractivity contribution in [2.75, 3.05) is 0 Å². The van der Waals surface area contributed by atoms with Gasteiger partial charge in [-0.15, -0.1) is 0 Å². The normalized spacial score (nSPS) is 9.78. The van der Waals surface area contributed by atoms with Gasteiger partial charge in [-0.25, -0.2) is 4.79 Å². The average Bonchev–Trinajstić information content (AvgIpc) is 2.38. The lowest BCUT2D eigenvalue weighted by Gasteiger charge is -2.08. The van der Waals surface area contributed by atoms with Gasteiger partial charge >= 0.3 is 5.97 Å². The largest absolute Gasteiger partial charge is 0.478 e. The van der Waals surface area contributed by atoms with Crippen LogP contribution in [0.4, 0.5) is 0 Å². The third-order valence-corrected chi connectivity index (χ3v) is 2.74. The molecule has 0 unspecified atom stereocenters. The molecular weight excluding hydrogens is 228 g/mol. The minimum Gasteiger partial charge on any atom is -0.478 e. The van der Waals surface area contributed by atoms with Crippen molar-refractivity contribution in [3.63, 3.8) is 0 Å². The van der Waals surface area contributed by atoms with Gasteiger partial charge in [0.25, 0.3) is 0 Å². The van der Waals surface area contributed by atoms with Gasteiger partial charge in [0.05, 0.1) is 11.1 Å². The molecule has 2 rings (SSSR count). The number of benzene rings is 1.